The van der Waals surface area contributed by atoms with Gasteiger partial charge >= 0.3 is 0 Å². The third-order valence-corrected chi connectivity index (χ3v) is 4.11. The Bertz CT molecular complexity index is 201. The highest BCUT2D eigenvalue weighted by Gasteiger charge is 2.39. The molecule has 0 N–H and O–H groups in total. The van der Waals surface area contributed by atoms with E-state index >= 15 is 0 Å². The summed E-state index contributed by atoms with van der Waals surface area (Å²) >= 11 is 6.24. The van der Waals surface area contributed by atoms with Crippen LogP contribution >= 0.6 is 11.6 Å². The Hall–Kier alpha value is 0.170. The molecule has 0 spiro atoms. The van der Waals surface area contributed by atoms with Crippen molar-refractivity contribution in [1.82, 2.24) is 4.90 Å². The van der Waals surface area contributed by atoms with E-state index in [1.54, 1.807) is 7.11 Å². The summed E-state index contributed by atoms with van der Waals surface area (Å²) in [5, 5.41) is 0.406. The first kappa shape index (κ1) is 12.6. The fourth-order valence-corrected chi connectivity index (χ4v) is 3.40. The van der Waals surface area contributed by atoms with Gasteiger partial charge in [0, 0.05) is 31.1 Å². The van der Waals surface area contributed by atoms with Gasteiger partial charge in [0.1, 0.15) is 0 Å². The number of hydrogen-bond acceptors (Lipinski definition) is 3. The Morgan fingerprint density at radius 3 is 2.44 bits per heavy atom. The second-order valence-corrected chi connectivity index (χ2v) is 5.41. The van der Waals surface area contributed by atoms with Crippen molar-refractivity contribution in [3.8, 4) is 0 Å². The molecule has 2 bridgehead atoms. The van der Waals surface area contributed by atoms with Crippen LogP contribution in [0.5, 0.6) is 0 Å². The molecule has 16 heavy (non-hydrogen) atoms. The Morgan fingerprint density at radius 2 is 1.81 bits per heavy atom. The SMILES string of the molecule is COCCOCCN1C2CCC1CC(Cl)C2. The normalized spacial score (nSPS) is 34.5. The van der Waals surface area contributed by atoms with E-state index in [1.807, 2.05) is 0 Å². The summed E-state index contributed by atoms with van der Waals surface area (Å²) in [5.74, 6) is 0. The fraction of sp³-hybridized carbons (Fsp3) is 1.00. The first-order valence-corrected chi connectivity index (χ1v) is 6.71. The van der Waals surface area contributed by atoms with E-state index in [2.05, 4.69) is 4.90 Å². The molecule has 2 saturated heterocycles. The molecule has 2 aliphatic rings. The zero-order valence-electron chi connectivity index (χ0n) is 10.0. The molecule has 0 aliphatic carbocycles. The molecule has 0 saturated carbocycles. The van der Waals surface area contributed by atoms with Gasteiger partial charge in [0.15, 0.2) is 0 Å². The van der Waals surface area contributed by atoms with Crippen LogP contribution < -0.4 is 0 Å². The Balaban J connectivity index is 1.66. The van der Waals surface area contributed by atoms with Gasteiger partial charge in [0.25, 0.3) is 0 Å². The number of nitrogens with zero attached hydrogens (tertiary/aromatic N) is 1. The number of piperidine rings is 1. The topological polar surface area (TPSA) is 21.7 Å². The predicted molar refractivity (Wildman–Crippen MR) is 65.1 cm³/mol. The van der Waals surface area contributed by atoms with Gasteiger partial charge in [-0.3, -0.25) is 4.90 Å². The lowest BCUT2D eigenvalue weighted by atomic mass is 10.0. The van der Waals surface area contributed by atoms with Crippen LogP contribution in [0.2, 0.25) is 0 Å². The van der Waals surface area contributed by atoms with Crippen LogP contribution in [0, 0.1) is 0 Å². The molecule has 2 heterocycles. The molecule has 2 aliphatic heterocycles. The van der Waals surface area contributed by atoms with Crippen molar-refractivity contribution in [3.63, 3.8) is 0 Å². The molecule has 0 aromatic rings. The molecule has 2 fully saturated rings. The number of halogens is 1. The maximum absolute atomic E-state index is 6.24. The predicted octanol–water partition coefficient (Wildman–Crippen LogP) is 1.88. The monoisotopic (exact) mass is 247 g/mol. The molecule has 0 radical (unpaired) electrons. The number of rotatable bonds is 6. The minimum Gasteiger partial charge on any atom is -0.382 e. The van der Waals surface area contributed by atoms with E-state index in [4.69, 9.17) is 21.1 Å². The van der Waals surface area contributed by atoms with Crippen molar-refractivity contribution >= 4 is 11.6 Å². The standard InChI is InChI=1S/C12H22ClNO2/c1-15-6-7-16-5-4-14-11-2-3-12(14)9-10(13)8-11/h10-12H,2-9H2,1H3. The van der Waals surface area contributed by atoms with Crippen LogP contribution in [0.1, 0.15) is 25.7 Å². The van der Waals surface area contributed by atoms with Crippen LogP contribution in [0.3, 0.4) is 0 Å². The third kappa shape index (κ3) is 3.10. The molecular weight excluding hydrogens is 226 g/mol. The van der Waals surface area contributed by atoms with Crippen LogP contribution in [-0.2, 0) is 9.47 Å². The van der Waals surface area contributed by atoms with E-state index in [9.17, 15) is 0 Å². The number of methoxy groups -OCH3 is 1. The van der Waals surface area contributed by atoms with Gasteiger partial charge in [-0.25, -0.2) is 0 Å². The van der Waals surface area contributed by atoms with Crippen LogP contribution in [-0.4, -0.2) is 55.8 Å². The smallest absolute Gasteiger partial charge is 0.0700 e. The lowest BCUT2D eigenvalue weighted by Crippen LogP contribution is -2.44. The molecule has 94 valence electrons. The minimum absolute atomic E-state index is 0.406. The first-order chi connectivity index (χ1) is 7.81. The number of fused-ring (bicyclic) bond motifs is 2. The van der Waals surface area contributed by atoms with E-state index in [-0.39, 0.29) is 0 Å². The zero-order valence-corrected chi connectivity index (χ0v) is 10.8. The molecule has 3 nitrogen and oxygen atoms in total. The highest BCUT2D eigenvalue weighted by molar-refractivity contribution is 6.20. The molecule has 2 rings (SSSR count). The Kier molecular flexibility index (Phi) is 4.89. The van der Waals surface area contributed by atoms with Crippen LogP contribution in [0.25, 0.3) is 0 Å². The summed E-state index contributed by atoms with van der Waals surface area (Å²) in [4.78, 5) is 2.60. The van der Waals surface area contributed by atoms with Crippen molar-refractivity contribution in [3.05, 3.63) is 0 Å². The van der Waals surface area contributed by atoms with Gasteiger partial charge in [-0.1, -0.05) is 0 Å². The lowest BCUT2D eigenvalue weighted by Gasteiger charge is -2.36. The highest BCUT2D eigenvalue weighted by Crippen LogP contribution is 2.37. The van der Waals surface area contributed by atoms with Gasteiger partial charge in [-0.05, 0) is 25.7 Å². The van der Waals surface area contributed by atoms with Crippen LogP contribution in [0.15, 0.2) is 0 Å². The number of ether oxygens (including phenoxy) is 2. The molecule has 4 heteroatoms. The summed E-state index contributed by atoms with van der Waals surface area (Å²) in [5.41, 5.74) is 0. The quantitative estimate of drug-likeness (QED) is 0.529. The van der Waals surface area contributed by atoms with Crippen molar-refractivity contribution in [2.24, 2.45) is 0 Å². The van der Waals surface area contributed by atoms with Crippen molar-refractivity contribution in [2.75, 3.05) is 33.5 Å². The molecule has 0 amide bonds. The van der Waals surface area contributed by atoms with E-state index in [0.717, 1.165) is 26.0 Å². The molecular formula is C12H22ClNO2. The number of hydrogen-bond donors (Lipinski definition) is 0. The fourth-order valence-electron chi connectivity index (χ4n) is 2.99. The largest absolute Gasteiger partial charge is 0.382 e. The van der Waals surface area contributed by atoms with Crippen LogP contribution in [0.4, 0.5) is 0 Å². The first-order valence-electron chi connectivity index (χ1n) is 6.27. The summed E-state index contributed by atoms with van der Waals surface area (Å²) in [7, 11) is 1.70. The molecule has 0 aromatic carbocycles. The van der Waals surface area contributed by atoms with Crippen molar-refractivity contribution in [2.45, 2.75) is 43.1 Å². The average molecular weight is 248 g/mol. The van der Waals surface area contributed by atoms with Gasteiger partial charge in [0.2, 0.25) is 0 Å². The summed E-state index contributed by atoms with van der Waals surface area (Å²) in [6.45, 7) is 3.28. The maximum atomic E-state index is 6.24. The Labute approximate surface area is 103 Å². The zero-order chi connectivity index (χ0) is 11.4. The van der Waals surface area contributed by atoms with E-state index in [1.165, 1.54) is 12.8 Å². The van der Waals surface area contributed by atoms with Crippen molar-refractivity contribution < 1.29 is 9.47 Å². The van der Waals surface area contributed by atoms with Gasteiger partial charge in [-0.15, -0.1) is 11.6 Å². The highest BCUT2D eigenvalue weighted by atomic mass is 35.5. The molecule has 0 aromatic heterocycles. The summed E-state index contributed by atoms with van der Waals surface area (Å²) in [6, 6.07) is 1.43. The second-order valence-electron chi connectivity index (χ2n) is 4.80. The maximum Gasteiger partial charge on any atom is 0.0700 e. The lowest BCUT2D eigenvalue weighted by molar-refractivity contribution is 0.0405. The number of alkyl halides is 1. The Morgan fingerprint density at radius 1 is 1.12 bits per heavy atom. The van der Waals surface area contributed by atoms with Gasteiger partial charge in [-0.2, -0.15) is 0 Å². The van der Waals surface area contributed by atoms with Crippen molar-refractivity contribution in [1.29, 1.82) is 0 Å². The van der Waals surface area contributed by atoms with E-state index < -0.39 is 0 Å². The average Bonchev–Trinajstić information content (AvgIpc) is 2.51. The summed E-state index contributed by atoms with van der Waals surface area (Å²) in [6.07, 6.45) is 4.98. The molecule has 2 atom stereocenters. The molecule has 2 unspecified atom stereocenters. The minimum atomic E-state index is 0.406. The van der Waals surface area contributed by atoms with Gasteiger partial charge < -0.3 is 9.47 Å². The third-order valence-electron chi connectivity index (χ3n) is 3.75. The second kappa shape index (κ2) is 6.20. The summed E-state index contributed by atoms with van der Waals surface area (Å²) < 4.78 is 10.5. The van der Waals surface area contributed by atoms with Gasteiger partial charge in [0.05, 0.1) is 19.8 Å². The van der Waals surface area contributed by atoms with E-state index in [0.29, 0.717) is 30.7 Å².